The van der Waals surface area contributed by atoms with Crippen molar-refractivity contribution in [2.45, 2.75) is 30.7 Å². The Morgan fingerprint density at radius 1 is 1.21 bits per heavy atom. The lowest BCUT2D eigenvalue weighted by Crippen LogP contribution is -2.22. The molecule has 1 atom stereocenters. The van der Waals surface area contributed by atoms with E-state index >= 15 is 0 Å². The van der Waals surface area contributed by atoms with Crippen LogP contribution in [-0.2, 0) is 32.3 Å². The molecule has 2 aromatic heterocycles. The fourth-order valence-corrected chi connectivity index (χ4v) is 4.18. The van der Waals surface area contributed by atoms with Gasteiger partial charge in [0.25, 0.3) is 10.0 Å². The number of pyridine rings is 1. The first kappa shape index (κ1) is 20.8. The third-order valence-corrected chi connectivity index (χ3v) is 5.87. The number of benzene rings is 1. The zero-order valence-electron chi connectivity index (χ0n) is 14.9. The Bertz CT molecular complexity index is 1160. The molecule has 0 spiro atoms. The average molecular weight is 428 g/mol. The summed E-state index contributed by atoms with van der Waals surface area (Å²) < 4.78 is 71.2. The van der Waals surface area contributed by atoms with Crippen LogP contribution in [0.3, 0.4) is 0 Å². The van der Waals surface area contributed by atoms with E-state index in [0.717, 1.165) is 16.1 Å². The lowest BCUT2D eigenvalue weighted by molar-refractivity contribution is -0.150. The molecule has 0 amide bonds. The monoisotopic (exact) mass is 428 g/mol. The molecule has 0 radical (unpaired) electrons. The van der Waals surface area contributed by atoms with Crippen LogP contribution >= 0.6 is 0 Å². The maximum atomic E-state index is 13.1. The van der Waals surface area contributed by atoms with Crippen molar-refractivity contribution in [2.75, 3.05) is 0 Å². The number of halogens is 3. The Kier molecular flexibility index (Phi) is 5.37. The highest BCUT2D eigenvalue weighted by Crippen LogP contribution is 2.31. The van der Waals surface area contributed by atoms with E-state index in [1.54, 1.807) is 6.07 Å². The van der Waals surface area contributed by atoms with Crippen LogP contribution in [0.2, 0.25) is 0 Å². The van der Waals surface area contributed by atoms with Crippen molar-refractivity contribution < 1.29 is 36.2 Å². The first-order valence-corrected chi connectivity index (χ1v) is 9.69. The van der Waals surface area contributed by atoms with Gasteiger partial charge in [0, 0.05) is 0 Å². The normalized spacial score (nSPS) is 13.5. The first-order valence-electron chi connectivity index (χ1n) is 8.25. The summed E-state index contributed by atoms with van der Waals surface area (Å²) in [5.41, 5.74) is -1.52. The number of fused-ring (bicyclic) bond motifs is 1. The Morgan fingerprint density at radius 3 is 2.45 bits per heavy atom. The van der Waals surface area contributed by atoms with Crippen molar-refractivity contribution in [3.05, 3.63) is 59.9 Å². The summed E-state index contributed by atoms with van der Waals surface area (Å²) in [7, 11) is -4.20. The van der Waals surface area contributed by atoms with Crippen molar-refractivity contribution in [3.8, 4) is 0 Å². The van der Waals surface area contributed by atoms with Crippen molar-refractivity contribution >= 4 is 27.0 Å². The minimum Gasteiger partial charge on any atom is -0.479 e. The summed E-state index contributed by atoms with van der Waals surface area (Å²) in [6.07, 6.45) is -5.96. The molecule has 11 heteroatoms. The molecule has 1 aromatic carbocycles. The van der Waals surface area contributed by atoms with Gasteiger partial charge in [-0.15, -0.1) is 0 Å². The third kappa shape index (κ3) is 4.10. The highest BCUT2D eigenvalue weighted by molar-refractivity contribution is 7.90. The average Bonchev–Trinajstić information content (AvgIpc) is 3.04. The minimum atomic E-state index is -4.71. The molecule has 7 nitrogen and oxygen atoms in total. The van der Waals surface area contributed by atoms with Gasteiger partial charge in [-0.05, 0) is 37.3 Å². The smallest absolute Gasteiger partial charge is 0.433 e. The van der Waals surface area contributed by atoms with E-state index < -0.39 is 40.6 Å². The zero-order valence-corrected chi connectivity index (χ0v) is 15.7. The van der Waals surface area contributed by atoms with Crippen molar-refractivity contribution in [3.63, 3.8) is 0 Å². The summed E-state index contributed by atoms with van der Waals surface area (Å²) in [5, 5.41) is 8.95. The van der Waals surface area contributed by atoms with Gasteiger partial charge in [-0.2, -0.15) is 13.2 Å². The molecule has 29 heavy (non-hydrogen) atoms. The second-order valence-corrected chi connectivity index (χ2v) is 7.89. The Morgan fingerprint density at radius 2 is 1.86 bits per heavy atom. The number of hydrogen-bond donors (Lipinski definition) is 1. The van der Waals surface area contributed by atoms with E-state index in [9.17, 15) is 26.4 Å². The van der Waals surface area contributed by atoms with Gasteiger partial charge in [-0.25, -0.2) is 22.2 Å². The lowest BCUT2D eigenvalue weighted by Gasteiger charge is -2.13. The number of carboxylic acid groups (broad SMARTS) is 1. The SMILES string of the molecule is C[C@@H](OCc1cc2nc(C(F)(F)F)ccc2n1S(=O)(=O)c1ccccc1)C(=O)O. The topological polar surface area (TPSA) is 98.5 Å². The Balaban J connectivity index is 2.19. The molecule has 0 saturated heterocycles. The van der Waals surface area contributed by atoms with Gasteiger partial charge in [-0.3, -0.25) is 0 Å². The number of carboxylic acids is 1. The van der Waals surface area contributed by atoms with E-state index in [2.05, 4.69) is 4.98 Å². The summed E-state index contributed by atoms with van der Waals surface area (Å²) >= 11 is 0. The lowest BCUT2D eigenvalue weighted by atomic mass is 10.3. The molecule has 3 rings (SSSR count). The second-order valence-electron chi connectivity index (χ2n) is 6.11. The van der Waals surface area contributed by atoms with E-state index in [4.69, 9.17) is 9.84 Å². The summed E-state index contributed by atoms with van der Waals surface area (Å²) in [6, 6.07) is 10.1. The number of ether oxygens (including phenoxy) is 1. The second kappa shape index (κ2) is 7.48. The Labute approximate surface area is 163 Å². The third-order valence-electron chi connectivity index (χ3n) is 4.09. The maximum absolute atomic E-state index is 13.1. The van der Waals surface area contributed by atoms with E-state index in [0.29, 0.717) is 6.07 Å². The van der Waals surface area contributed by atoms with E-state index in [1.165, 1.54) is 31.2 Å². The van der Waals surface area contributed by atoms with Crippen LogP contribution in [0.4, 0.5) is 13.2 Å². The molecule has 0 aliphatic heterocycles. The predicted molar refractivity (Wildman–Crippen MR) is 95.6 cm³/mol. The minimum absolute atomic E-state index is 0.0521. The zero-order chi connectivity index (χ0) is 21.4. The van der Waals surface area contributed by atoms with Crippen LogP contribution in [0, 0.1) is 0 Å². The van der Waals surface area contributed by atoms with Gasteiger partial charge < -0.3 is 9.84 Å². The molecule has 3 aromatic rings. The fourth-order valence-electron chi connectivity index (χ4n) is 2.64. The van der Waals surface area contributed by atoms with Gasteiger partial charge in [-0.1, -0.05) is 18.2 Å². The van der Waals surface area contributed by atoms with Crippen molar-refractivity contribution in [1.29, 1.82) is 0 Å². The molecule has 2 heterocycles. The summed E-state index contributed by atoms with van der Waals surface area (Å²) in [6.45, 7) is 0.790. The van der Waals surface area contributed by atoms with Gasteiger partial charge in [0.1, 0.15) is 5.69 Å². The van der Waals surface area contributed by atoms with Gasteiger partial charge >= 0.3 is 12.1 Å². The molecular formula is C18H15F3N2O5S. The van der Waals surface area contributed by atoms with Crippen molar-refractivity contribution in [2.24, 2.45) is 0 Å². The van der Waals surface area contributed by atoms with Gasteiger partial charge in [0.15, 0.2) is 6.10 Å². The standard InChI is InChI=1S/C18H15F3N2O5S/c1-11(17(24)25)28-10-12-9-14-15(7-8-16(22-14)18(19,20)21)23(12)29(26,27)13-5-3-2-4-6-13/h2-9,11H,10H2,1H3,(H,24,25)/t11-/m1/s1. The molecular weight excluding hydrogens is 413 g/mol. The predicted octanol–water partition coefficient (Wildman–Crippen LogP) is 3.28. The molecule has 0 saturated carbocycles. The number of rotatable bonds is 6. The molecule has 0 fully saturated rings. The van der Waals surface area contributed by atoms with Gasteiger partial charge in [0.05, 0.1) is 28.2 Å². The molecule has 154 valence electrons. The molecule has 0 unspecified atom stereocenters. The Hall–Kier alpha value is -2.92. The number of aliphatic carboxylic acids is 1. The van der Waals surface area contributed by atoms with E-state index in [-0.39, 0.29) is 21.6 Å². The molecule has 0 aliphatic carbocycles. The number of hydrogen-bond acceptors (Lipinski definition) is 5. The van der Waals surface area contributed by atoms with Crippen LogP contribution in [-0.4, -0.2) is 34.6 Å². The fraction of sp³-hybridized carbons (Fsp3) is 0.222. The molecule has 0 bridgehead atoms. The quantitative estimate of drug-likeness (QED) is 0.647. The van der Waals surface area contributed by atoms with Crippen LogP contribution in [0.1, 0.15) is 18.3 Å². The number of alkyl halides is 3. The van der Waals surface area contributed by atoms with Crippen LogP contribution in [0.15, 0.2) is 53.4 Å². The number of aromatic nitrogens is 2. The highest BCUT2D eigenvalue weighted by atomic mass is 32.2. The van der Waals surface area contributed by atoms with E-state index in [1.807, 2.05) is 0 Å². The largest absolute Gasteiger partial charge is 0.479 e. The highest BCUT2D eigenvalue weighted by Gasteiger charge is 2.33. The van der Waals surface area contributed by atoms with Crippen LogP contribution in [0.25, 0.3) is 11.0 Å². The maximum Gasteiger partial charge on any atom is 0.433 e. The first-order chi connectivity index (χ1) is 13.5. The molecule has 1 N–H and O–H groups in total. The van der Waals surface area contributed by atoms with Gasteiger partial charge in [0.2, 0.25) is 0 Å². The molecule has 0 aliphatic rings. The number of nitrogens with zero attached hydrogens (tertiary/aromatic N) is 2. The van der Waals surface area contributed by atoms with Crippen LogP contribution in [0.5, 0.6) is 0 Å². The van der Waals surface area contributed by atoms with Crippen LogP contribution < -0.4 is 0 Å². The summed E-state index contributed by atoms with van der Waals surface area (Å²) in [4.78, 5) is 14.4. The summed E-state index contributed by atoms with van der Waals surface area (Å²) in [5.74, 6) is -1.27. The number of carbonyl (C=O) groups is 1. The van der Waals surface area contributed by atoms with Crippen molar-refractivity contribution in [1.82, 2.24) is 8.96 Å².